The lowest BCUT2D eigenvalue weighted by Gasteiger charge is -2.30. The van der Waals surface area contributed by atoms with Crippen LogP contribution in [0.2, 0.25) is 0 Å². The summed E-state index contributed by atoms with van der Waals surface area (Å²) in [6.45, 7) is 6.54. The molecule has 6 heteroatoms. The fourth-order valence-corrected chi connectivity index (χ4v) is 2.25. The van der Waals surface area contributed by atoms with Crippen LogP contribution in [-0.4, -0.2) is 32.4 Å². The third kappa shape index (κ3) is 3.45. The number of pyridine rings is 1. The van der Waals surface area contributed by atoms with Gasteiger partial charge in [-0.3, -0.25) is 0 Å². The maximum Gasteiger partial charge on any atom is 0.243 e. The Bertz CT molecular complexity index is 561. The Kier molecular flexibility index (Phi) is 4.10. The second kappa shape index (κ2) is 5.46. The standard InChI is InChI=1S/C13H19BrN4O/c1-13(2,3)10(6-7-19)15-12-16-11-5-4-9(14)8-18(11)17-12/h4-5,8,10,19H,6-7H2,1-3H3,(H,15,17). The van der Waals surface area contributed by atoms with Crippen molar-refractivity contribution >= 4 is 27.5 Å². The molecule has 1 unspecified atom stereocenters. The fourth-order valence-electron chi connectivity index (χ4n) is 1.93. The van der Waals surface area contributed by atoms with Crippen molar-refractivity contribution < 1.29 is 5.11 Å². The minimum atomic E-state index is 0.0286. The summed E-state index contributed by atoms with van der Waals surface area (Å²) in [5.74, 6) is 0.589. The largest absolute Gasteiger partial charge is 0.396 e. The molecule has 2 N–H and O–H groups in total. The molecule has 0 aliphatic carbocycles. The van der Waals surface area contributed by atoms with Gasteiger partial charge in [0.05, 0.1) is 0 Å². The van der Waals surface area contributed by atoms with Crippen molar-refractivity contribution in [2.75, 3.05) is 11.9 Å². The minimum Gasteiger partial charge on any atom is -0.396 e. The minimum absolute atomic E-state index is 0.0286. The summed E-state index contributed by atoms with van der Waals surface area (Å²) < 4.78 is 2.68. The van der Waals surface area contributed by atoms with Gasteiger partial charge < -0.3 is 10.4 Å². The molecular formula is C13H19BrN4O. The summed E-state index contributed by atoms with van der Waals surface area (Å²) in [6.07, 6.45) is 2.54. The zero-order valence-corrected chi connectivity index (χ0v) is 13.0. The van der Waals surface area contributed by atoms with Gasteiger partial charge in [0, 0.05) is 23.3 Å². The first-order valence-electron chi connectivity index (χ1n) is 6.29. The van der Waals surface area contributed by atoms with Gasteiger partial charge in [-0.2, -0.15) is 4.98 Å². The molecule has 2 heterocycles. The van der Waals surface area contributed by atoms with Crippen molar-refractivity contribution in [2.24, 2.45) is 5.41 Å². The number of anilines is 1. The average Bonchev–Trinajstić information content (AvgIpc) is 2.68. The number of rotatable bonds is 4. The topological polar surface area (TPSA) is 62.5 Å². The molecule has 5 nitrogen and oxygen atoms in total. The first-order chi connectivity index (χ1) is 8.90. The van der Waals surface area contributed by atoms with Crippen LogP contribution in [0.15, 0.2) is 22.8 Å². The molecule has 19 heavy (non-hydrogen) atoms. The lowest BCUT2D eigenvalue weighted by Crippen LogP contribution is -2.35. The smallest absolute Gasteiger partial charge is 0.243 e. The van der Waals surface area contributed by atoms with E-state index in [-0.39, 0.29) is 18.1 Å². The second-order valence-corrected chi connectivity index (χ2v) is 6.58. The molecule has 1 atom stereocenters. The molecule has 0 saturated heterocycles. The number of aliphatic hydroxyl groups is 1. The molecule has 0 spiro atoms. The SMILES string of the molecule is CC(C)(C)C(CCO)Nc1nc2ccc(Br)cn2n1. The van der Waals surface area contributed by atoms with Gasteiger partial charge in [-0.05, 0) is 39.9 Å². The third-order valence-electron chi connectivity index (χ3n) is 3.06. The Morgan fingerprint density at radius 2 is 2.16 bits per heavy atom. The van der Waals surface area contributed by atoms with E-state index in [1.807, 2.05) is 18.3 Å². The van der Waals surface area contributed by atoms with E-state index in [0.717, 1.165) is 10.1 Å². The molecule has 0 aliphatic rings. The molecule has 104 valence electrons. The summed E-state index contributed by atoms with van der Waals surface area (Å²) in [5.41, 5.74) is 0.822. The van der Waals surface area contributed by atoms with Gasteiger partial charge in [-0.25, -0.2) is 4.52 Å². The first-order valence-corrected chi connectivity index (χ1v) is 7.09. The van der Waals surface area contributed by atoms with Gasteiger partial charge in [0.1, 0.15) is 0 Å². The molecule has 2 aromatic rings. The first kappa shape index (κ1) is 14.3. The molecule has 2 aromatic heterocycles. The Hall–Kier alpha value is -1.14. The average molecular weight is 327 g/mol. The molecule has 0 radical (unpaired) electrons. The van der Waals surface area contributed by atoms with Crippen LogP contribution in [0, 0.1) is 5.41 Å². The van der Waals surface area contributed by atoms with Crippen LogP contribution in [0.5, 0.6) is 0 Å². The van der Waals surface area contributed by atoms with Crippen LogP contribution >= 0.6 is 15.9 Å². The Morgan fingerprint density at radius 3 is 2.79 bits per heavy atom. The number of nitrogens with zero attached hydrogens (tertiary/aromatic N) is 3. The highest BCUT2D eigenvalue weighted by atomic mass is 79.9. The van der Waals surface area contributed by atoms with Crippen molar-refractivity contribution in [1.82, 2.24) is 14.6 Å². The predicted octanol–water partition coefficient (Wildman–Crippen LogP) is 2.70. The number of halogens is 1. The molecule has 0 saturated carbocycles. The van der Waals surface area contributed by atoms with Crippen molar-refractivity contribution in [3.05, 3.63) is 22.8 Å². The summed E-state index contributed by atoms with van der Waals surface area (Å²) in [6, 6.07) is 3.96. The molecule has 2 rings (SSSR count). The zero-order chi connectivity index (χ0) is 14.0. The molecular weight excluding hydrogens is 308 g/mol. The van der Waals surface area contributed by atoms with Crippen LogP contribution in [0.4, 0.5) is 5.95 Å². The summed E-state index contributed by atoms with van der Waals surface area (Å²) in [7, 11) is 0. The van der Waals surface area contributed by atoms with Gasteiger partial charge in [0.15, 0.2) is 5.65 Å². The Morgan fingerprint density at radius 1 is 1.42 bits per heavy atom. The molecule has 0 bridgehead atoms. The predicted molar refractivity (Wildman–Crippen MR) is 79.3 cm³/mol. The normalized spacial score (nSPS) is 13.7. The van der Waals surface area contributed by atoms with E-state index >= 15 is 0 Å². The number of hydrogen-bond donors (Lipinski definition) is 2. The maximum atomic E-state index is 9.16. The van der Waals surface area contributed by atoms with Crippen molar-refractivity contribution in [2.45, 2.75) is 33.2 Å². The number of hydrogen-bond acceptors (Lipinski definition) is 4. The van der Waals surface area contributed by atoms with Crippen LogP contribution in [0.25, 0.3) is 5.65 Å². The van der Waals surface area contributed by atoms with Crippen molar-refractivity contribution in [3.8, 4) is 0 Å². The summed E-state index contributed by atoms with van der Waals surface area (Å²) in [5, 5.41) is 16.9. The summed E-state index contributed by atoms with van der Waals surface area (Å²) >= 11 is 3.41. The second-order valence-electron chi connectivity index (χ2n) is 5.66. The highest BCUT2D eigenvalue weighted by Crippen LogP contribution is 2.24. The Balaban J connectivity index is 2.24. The molecule has 0 fully saturated rings. The molecule has 0 amide bonds. The van der Waals surface area contributed by atoms with E-state index in [2.05, 4.69) is 52.1 Å². The van der Waals surface area contributed by atoms with Gasteiger partial charge in [-0.1, -0.05) is 20.8 Å². The summed E-state index contributed by atoms with van der Waals surface area (Å²) in [4.78, 5) is 4.43. The van der Waals surface area contributed by atoms with E-state index in [1.54, 1.807) is 4.52 Å². The number of fused-ring (bicyclic) bond motifs is 1. The quantitative estimate of drug-likeness (QED) is 0.906. The third-order valence-corrected chi connectivity index (χ3v) is 3.53. The van der Waals surface area contributed by atoms with E-state index in [1.165, 1.54) is 0 Å². The van der Waals surface area contributed by atoms with Crippen LogP contribution in [-0.2, 0) is 0 Å². The molecule has 0 aliphatic heterocycles. The van der Waals surface area contributed by atoms with E-state index in [4.69, 9.17) is 5.11 Å². The fraction of sp³-hybridized carbons (Fsp3) is 0.538. The highest BCUT2D eigenvalue weighted by molar-refractivity contribution is 9.10. The number of nitrogens with one attached hydrogen (secondary N) is 1. The Labute approximate surface area is 121 Å². The monoisotopic (exact) mass is 326 g/mol. The van der Waals surface area contributed by atoms with E-state index in [0.29, 0.717) is 12.4 Å². The van der Waals surface area contributed by atoms with Crippen LogP contribution in [0.3, 0.4) is 0 Å². The maximum absolute atomic E-state index is 9.16. The zero-order valence-electron chi connectivity index (χ0n) is 11.4. The van der Waals surface area contributed by atoms with Gasteiger partial charge >= 0.3 is 0 Å². The van der Waals surface area contributed by atoms with E-state index in [9.17, 15) is 0 Å². The van der Waals surface area contributed by atoms with Crippen molar-refractivity contribution in [1.29, 1.82) is 0 Å². The number of aliphatic hydroxyl groups excluding tert-OH is 1. The van der Waals surface area contributed by atoms with Crippen molar-refractivity contribution in [3.63, 3.8) is 0 Å². The van der Waals surface area contributed by atoms with Gasteiger partial charge in [-0.15, -0.1) is 5.10 Å². The highest BCUT2D eigenvalue weighted by Gasteiger charge is 2.25. The molecule has 0 aromatic carbocycles. The van der Waals surface area contributed by atoms with Gasteiger partial charge in [0.25, 0.3) is 0 Å². The van der Waals surface area contributed by atoms with E-state index < -0.39 is 0 Å². The van der Waals surface area contributed by atoms with Crippen LogP contribution < -0.4 is 5.32 Å². The lowest BCUT2D eigenvalue weighted by atomic mass is 9.85. The lowest BCUT2D eigenvalue weighted by molar-refractivity contribution is 0.235. The van der Waals surface area contributed by atoms with Gasteiger partial charge in [0.2, 0.25) is 5.95 Å². The van der Waals surface area contributed by atoms with Crippen LogP contribution in [0.1, 0.15) is 27.2 Å². The number of aromatic nitrogens is 3.